The lowest BCUT2D eigenvalue weighted by molar-refractivity contribution is -0.138. The Morgan fingerprint density at radius 3 is 2.67 bits per heavy atom. The molecule has 0 radical (unpaired) electrons. The number of likely N-dealkylation sites (tertiary alicyclic amines) is 1. The molecule has 2 rings (SSSR count). The highest BCUT2D eigenvalue weighted by atomic mass is 16.5. The number of rotatable bonds is 4. The predicted molar refractivity (Wildman–Crippen MR) is 69.0 cm³/mol. The van der Waals surface area contributed by atoms with Crippen molar-refractivity contribution in [2.45, 2.75) is 25.3 Å². The topological polar surface area (TPSA) is 49.8 Å². The van der Waals surface area contributed by atoms with Crippen LogP contribution in [0, 0.1) is 0 Å². The van der Waals surface area contributed by atoms with Crippen molar-refractivity contribution in [3.05, 3.63) is 29.8 Å². The van der Waals surface area contributed by atoms with E-state index in [-0.39, 0.29) is 6.54 Å². The number of nitrogens with zero attached hydrogens (tertiary/aromatic N) is 1. The maximum absolute atomic E-state index is 10.8. The Morgan fingerprint density at radius 1 is 1.44 bits per heavy atom. The van der Waals surface area contributed by atoms with Gasteiger partial charge in [0.2, 0.25) is 0 Å². The third-order valence-electron chi connectivity index (χ3n) is 3.63. The minimum Gasteiger partial charge on any atom is -0.497 e. The summed E-state index contributed by atoms with van der Waals surface area (Å²) in [6.07, 6.45) is 1.01. The summed E-state index contributed by atoms with van der Waals surface area (Å²) in [5.41, 5.74) is 1.26. The minimum absolute atomic E-state index is 0.133. The van der Waals surface area contributed by atoms with Gasteiger partial charge in [0.05, 0.1) is 13.7 Å². The molecule has 0 spiro atoms. The molecule has 1 saturated heterocycles. The normalized spacial score (nSPS) is 24.1. The first-order valence-electron chi connectivity index (χ1n) is 6.20. The molecule has 1 aliphatic rings. The molecule has 0 aliphatic carbocycles. The van der Waals surface area contributed by atoms with Crippen LogP contribution in [0.5, 0.6) is 5.75 Å². The second kappa shape index (κ2) is 5.40. The van der Waals surface area contributed by atoms with Gasteiger partial charge in [-0.3, -0.25) is 9.69 Å². The highest BCUT2D eigenvalue weighted by molar-refractivity contribution is 5.69. The van der Waals surface area contributed by atoms with Crippen molar-refractivity contribution in [1.82, 2.24) is 4.90 Å². The summed E-state index contributed by atoms with van der Waals surface area (Å²) >= 11 is 0. The van der Waals surface area contributed by atoms with Gasteiger partial charge in [0.1, 0.15) is 5.75 Å². The number of methoxy groups -OCH3 is 1. The molecule has 1 heterocycles. The van der Waals surface area contributed by atoms with Crippen molar-refractivity contribution in [2.75, 3.05) is 20.2 Å². The van der Waals surface area contributed by atoms with E-state index < -0.39 is 5.97 Å². The molecule has 1 aliphatic heterocycles. The fraction of sp³-hybridized carbons (Fsp3) is 0.500. The third kappa shape index (κ3) is 2.82. The maximum atomic E-state index is 10.8. The van der Waals surface area contributed by atoms with Crippen molar-refractivity contribution in [2.24, 2.45) is 0 Å². The molecular formula is C14H19NO3. The quantitative estimate of drug-likeness (QED) is 0.886. The Hall–Kier alpha value is -1.55. The van der Waals surface area contributed by atoms with Crippen LogP contribution >= 0.6 is 0 Å². The number of carboxylic acid groups (broad SMARTS) is 1. The Bertz CT molecular complexity index is 416. The van der Waals surface area contributed by atoms with E-state index in [4.69, 9.17) is 9.84 Å². The van der Waals surface area contributed by atoms with Crippen LogP contribution in [0.1, 0.15) is 24.8 Å². The average molecular weight is 249 g/mol. The van der Waals surface area contributed by atoms with Gasteiger partial charge in [-0.25, -0.2) is 0 Å². The first-order valence-corrected chi connectivity index (χ1v) is 6.20. The molecule has 0 bridgehead atoms. The van der Waals surface area contributed by atoms with Gasteiger partial charge in [0.15, 0.2) is 0 Å². The number of carboxylic acids is 1. The van der Waals surface area contributed by atoms with Crippen molar-refractivity contribution in [1.29, 1.82) is 0 Å². The third-order valence-corrected chi connectivity index (χ3v) is 3.63. The molecule has 1 aromatic carbocycles. The fourth-order valence-electron chi connectivity index (χ4n) is 2.61. The minimum atomic E-state index is -0.753. The highest BCUT2D eigenvalue weighted by Gasteiger charge is 2.30. The van der Waals surface area contributed by atoms with Gasteiger partial charge in [0, 0.05) is 12.6 Å². The molecule has 1 fully saturated rings. The molecule has 98 valence electrons. The zero-order valence-electron chi connectivity index (χ0n) is 10.8. The zero-order valence-corrected chi connectivity index (χ0v) is 10.8. The fourth-order valence-corrected chi connectivity index (χ4v) is 2.61. The molecule has 4 heteroatoms. The maximum Gasteiger partial charge on any atom is 0.317 e. The van der Waals surface area contributed by atoms with Crippen LogP contribution < -0.4 is 4.74 Å². The molecule has 1 aromatic rings. The summed E-state index contributed by atoms with van der Waals surface area (Å²) in [6.45, 7) is 3.04. The van der Waals surface area contributed by atoms with Crippen LogP contribution in [-0.4, -0.2) is 42.2 Å². The van der Waals surface area contributed by atoms with Gasteiger partial charge in [-0.2, -0.15) is 0 Å². The Morgan fingerprint density at radius 2 is 2.11 bits per heavy atom. The first-order chi connectivity index (χ1) is 8.60. The van der Waals surface area contributed by atoms with E-state index in [1.54, 1.807) is 7.11 Å². The van der Waals surface area contributed by atoms with Crippen LogP contribution in [0.25, 0.3) is 0 Å². The second-order valence-electron chi connectivity index (χ2n) is 4.88. The lowest BCUT2D eigenvalue weighted by Gasteiger charge is -2.17. The smallest absolute Gasteiger partial charge is 0.317 e. The van der Waals surface area contributed by atoms with E-state index in [1.807, 2.05) is 17.0 Å². The largest absolute Gasteiger partial charge is 0.497 e. The van der Waals surface area contributed by atoms with Crippen LogP contribution in [-0.2, 0) is 4.79 Å². The van der Waals surface area contributed by atoms with Crippen LogP contribution in [0.4, 0.5) is 0 Å². The van der Waals surface area contributed by atoms with E-state index >= 15 is 0 Å². The molecule has 0 aromatic heterocycles. The van der Waals surface area contributed by atoms with E-state index in [9.17, 15) is 4.79 Å². The summed E-state index contributed by atoms with van der Waals surface area (Å²) in [5, 5.41) is 8.86. The molecule has 0 amide bonds. The van der Waals surface area contributed by atoms with E-state index in [0.717, 1.165) is 18.7 Å². The summed E-state index contributed by atoms with van der Waals surface area (Å²) < 4.78 is 5.14. The SMILES string of the molecule is COc1ccc([C@@H]2C[C@H](C)N(CC(=O)O)C2)cc1. The van der Waals surface area contributed by atoms with Gasteiger partial charge in [-0.1, -0.05) is 12.1 Å². The number of hydrogen-bond donors (Lipinski definition) is 1. The van der Waals surface area contributed by atoms with Gasteiger partial charge in [-0.05, 0) is 37.0 Å². The van der Waals surface area contributed by atoms with E-state index in [2.05, 4.69) is 19.1 Å². The first kappa shape index (κ1) is 12.9. The molecule has 1 N–H and O–H groups in total. The molecular weight excluding hydrogens is 230 g/mol. The van der Waals surface area contributed by atoms with Crippen molar-refractivity contribution in [3.8, 4) is 5.75 Å². The second-order valence-corrected chi connectivity index (χ2v) is 4.88. The van der Waals surface area contributed by atoms with Crippen molar-refractivity contribution >= 4 is 5.97 Å². The van der Waals surface area contributed by atoms with Crippen molar-refractivity contribution < 1.29 is 14.6 Å². The van der Waals surface area contributed by atoms with Crippen molar-refractivity contribution in [3.63, 3.8) is 0 Å². The summed E-state index contributed by atoms with van der Waals surface area (Å²) in [4.78, 5) is 12.8. The number of carbonyl (C=O) groups is 1. The standard InChI is InChI=1S/C14H19NO3/c1-10-7-12(8-15(10)9-14(16)17)11-3-5-13(18-2)6-4-11/h3-6,10,12H,7-9H2,1-2H3,(H,16,17)/t10-,12+/m0/s1. The van der Waals surface area contributed by atoms with Gasteiger partial charge in [0.25, 0.3) is 0 Å². The zero-order chi connectivity index (χ0) is 13.1. The van der Waals surface area contributed by atoms with Crippen LogP contribution in [0.2, 0.25) is 0 Å². The van der Waals surface area contributed by atoms with E-state index in [1.165, 1.54) is 5.56 Å². The Kier molecular flexibility index (Phi) is 3.87. The van der Waals surface area contributed by atoms with Crippen LogP contribution in [0.3, 0.4) is 0 Å². The lowest BCUT2D eigenvalue weighted by Crippen LogP contribution is -2.32. The Labute approximate surface area is 107 Å². The number of ether oxygens (including phenoxy) is 1. The van der Waals surface area contributed by atoms with E-state index in [0.29, 0.717) is 12.0 Å². The van der Waals surface area contributed by atoms with Crippen LogP contribution in [0.15, 0.2) is 24.3 Å². The lowest BCUT2D eigenvalue weighted by atomic mass is 9.97. The summed E-state index contributed by atoms with van der Waals surface area (Å²) in [6, 6.07) is 8.38. The molecule has 18 heavy (non-hydrogen) atoms. The number of benzene rings is 1. The number of hydrogen-bond acceptors (Lipinski definition) is 3. The summed E-state index contributed by atoms with van der Waals surface area (Å²) in [5.74, 6) is 0.523. The molecule has 2 atom stereocenters. The van der Waals surface area contributed by atoms with Gasteiger partial charge < -0.3 is 9.84 Å². The molecule has 0 saturated carbocycles. The Balaban J connectivity index is 2.04. The molecule has 0 unspecified atom stereocenters. The number of aliphatic carboxylic acids is 1. The van der Waals surface area contributed by atoms with Gasteiger partial charge >= 0.3 is 5.97 Å². The summed E-state index contributed by atoms with van der Waals surface area (Å²) in [7, 11) is 1.65. The molecule has 4 nitrogen and oxygen atoms in total. The van der Waals surface area contributed by atoms with Gasteiger partial charge in [-0.15, -0.1) is 0 Å². The predicted octanol–water partition coefficient (Wildman–Crippen LogP) is 1.96. The highest BCUT2D eigenvalue weighted by Crippen LogP contribution is 2.32. The average Bonchev–Trinajstić information content (AvgIpc) is 2.70. The monoisotopic (exact) mass is 249 g/mol.